The second-order valence-corrected chi connectivity index (χ2v) is 5.96. The Labute approximate surface area is 133 Å². The van der Waals surface area contributed by atoms with Crippen molar-refractivity contribution in [1.82, 2.24) is 20.0 Å². The van der Waals surface area contributed by atoms with Gasteiger partial charge in [-0.15, -0.1) is 0 Å². The molecule has 0 amide bonds. The zero-order chi connectivity index (χ0) is 15.8. The maximum Gasteiger partial charge on any atom is 0.193 e. The predicted octanol–water partition coefficient (Wildman–Crippen LogP) is 1.52. The molecule has 1 saturated carbocycles. The summed E-state index contributed by atoms with van der Waals surface area (Å²) in [6, 6.07) is 0. The Morgan fingerprint density at radius 2 is 2.36 bits per heavy atom. The van der Waals surface area contributed by atoms with Gasteiger partial charge in [0.1, 0.15) is 0 Å². The first kappa shape index (κ1) is 16.8. The molecule has 6 heteroatoms. The fourth-order valence-electron chi connectivity index (χ4n) is 2.16. The van der Waals surface area contributed by atoms with E-state index < -0.39 is 0 Å². The Hall–Kier alpha value is -1.56. The molecule has 1 aliphatic carbocycles. The van der Waals surface area contributed by atoms with Gasteiger partial charge in [-0.05, 0) is 38.2 Å². The van der Waals surface area contributed by atoms with Crippen molar-refractivity contribution < 1.29 is 4.74 Å². The third-order valence-corrected chi connectivity index (χ3v) is 3.67. The van der Waals surface area contributed by atoms with Gasteiger partial charge < -0.3 is 15.0 Å². The van der Waals surface area contributed by atoms with Crippen molar-refractivity contribution in [2.75, 3.05) is 39.9 Å². The summed E-state index contributed by atoms with van der Waals surface area (Å²) in [5, 5.41) is 7.61. The lowest BCUT2D eigenvalue weighted by atomic mass is 10.4. The summed E-state index contributed by atoms with van der Waals surface area (Å²) >= 11 is 0. The molecule has 0 atom stereocenters. The molecule has 0 spiro atoms. The number of aromatic nitrogens is 2. The van der Waals surface area contributed by atoms with Gasteiger partial charge in [0.25, 0.3) is 0 Å². The van der Waals surface area contributed by atoms with Gasteiger partial charge in [-0.2, -0.15) is 5.10 Å². The van der Waals surface area contributed by atoms with Gasteiger partial charge in [0.15, 0.2) is 5.96 Å². The summed E-state index contributed by atoms with van der Waals surface area (Å²) in [4.78, 5) is 6.79. The van der Waals surface area contributed by atoms with Crippen molar-refractivity contribution in [2.45, 2.75) is 33.2 Å². The van der Waals surface area contributed by atoms with Crippen molar-refractivity contribution in [3.05, 3.63) is 18.0 Å². The van der Waals surface area contributed by atoms with Crippen LogP contribution in [0.15, 0.2) is 17.4 Å². The first-order valence-electron chi connectivity index (χ1n) is 8.25. The monoisotopic (exact) mass is 307 g/mol. The first-order chi connectivity index (χ1) is 10.7. The summed E-state index contributed by atoms with van der Waals surface area (Å²) in [5.41, 5.74) is 1.18. The second kappa shape index (κ2) is 8.78. The van der Waals surface area contributed by atoms with Gasteiger partial charge >= 0.3 is 0 Å². The average Bonchev–Trinajstić information content (AvgIpc) is 3.24. The molecular weight excluding hydrogens is 278 g/mol. The number of nitrogens with zero attached hydrogens (tertiary/aromatic N) is 4. The Bertz CT molecular complexity index is 467. The molecule has 0 aromatic carbocycles. The van der Waals surface area contributed by atoms with E-state index in [4.69, 9.17) is 4.74 Å². The topological polar surface area (TPSA) is 54.7 Å². The van der Waals surface area contributed by atoms with Crippen LogP contribution < -0.4 is 5.32 Å². The van der Waals surface area contributed by atoms with E-state index in [9.17, 15) is 0 Å². The SMILES string of the molecule is CCNC(=NCCn1cc(C)cn1)N(C)CCOCC1CC1. The molecule has 0 aliphatic heterocycles. The van der Waals surface area contributed by atoms with Crippen LogP contribution in [0.5, 0.6) is 0 Å². The zero-order valence-corrected chi connectivity index (χ0v) is 14.1. The minimum atomic E-state index is 0.719. The van der Waals surface area contributed by atoms with E-state index in [-0.39, 0.29) is 0 Å². The Kier molecular flexibility index (Phi) is 6.71. The van der Waals surface area contributed by atoms with Gasteiger partial charge in [-0.25, -0.2) is 0 Å². The van der Waals surface area contributed by atoms with Crippen molar-refractivity contribution >= 4 is 5.96 Å². The lowest BCUT2D eigenvalue weighted by Crippen LogP contribution is -2.40. The molecule has 1 aromatic heterocycles. The number of ether oxygens (including phenoxy) is 1. The highest BCUT2D eigenvalue weighted by Gasteiger charge is 2.21. The molecule has 2 rings (SSSR count). The molecule has 1 heterocycles. The molecule has 0 bridgehead atoms. The number of aliphatic imine (C=N–C) groups is 1. The van der Waals surface area contributed by atoms with Gasteiger partial charge in [0, 0.05) is 32.9 Å². The first-order valence-corrected chi connectivity index (χ1v) is 8.25. The second-order valence-electron chi connectivity index (χ2n) is 5.96. The van der Waals surface area contributed by atoms with Gasteiger partial charge in [-0.1, -0.05) is 0 Å². The highest BCUT2D eigenvalue weighted by molar-refractivity contribution is 5.79. The average molecular weight is 307 g/mol. The van der Waals surface area contributed by atoms with Crippen LogP contribution in [0.1, 0.15) is 25.3 Å². The fraction of sp³-hybridized carbons (Fsp3) is 0.750. The van der Waals surface area contributed by atoms with Crippen molar-refractivity contribution in [3.63, 3.8) is 0 Å². The third kappa shape index (κ3) is 6.05. The van der Waals surface area contributed by atoms with Crippen LogP contribution >= 0.6 is 0 Å². The van der Waals surface area contributed by atoms with E-state index >= 15 is 0 Å². The van der Waals surface area contributed by atoms with E-state index in [2.05, 4.69) is 34.3 Å². The van der Waals surface area contributed by atoms with Crippen LogP contribution in [0.2, 0.25) is 0 Å². The van der Waals surface area contributed by atoms with Gasteiger partial charge in [0.2, 0.25) is 0 Å². The smallest absolute Gasteiger partial charge is 0.193 e. The predicted molar refractivity (Wildman–Crippen MR) is 89.1 cm³/mol. The molecule has 6 nitrogen and oxygen atoms in total. The summed E-state index contributed by atoms with van der Waals surface area (Å²) in [5.74, 6) is 1.76. The Balaban J connectivity index is 1.71. The van der Waals surface area contributed by atoms with Crippen LogP contribution in [0.3, 0.4) is 0 Å². The van der Waals surface area contributed by atoms with Crippen molar-refractivity contribution in [3.8, 4) is 0 Å². The molecule has 0 saturated heterocycles. The number of guanidine groups is 1. The van der Waals surface area contributed by atoms with Crippen LogP contribution in [0.4, 0.5) is 0 Å². The molecular formula is C16H29N5O. The molecule has 1 aliphatic rings. The molecule has 0 unspecified atom stereocenters. The zero-order valence-electron chi connectivity index (χ0n) is 14.1. The summed E-state index contributed by atoms with van der Waals surface area (Å²) < 4.78 is 7.63. The number of rotatable bonds is 9. The summed E-state index contributed by atoms with van der Waals surface area (Å²) in [6.07, 6.45) is 6.59. The van der Waals surface area contributed by atoms with E-state index in [0.29, 0.717) is 0 Å². The van der Waals surface area contributed by atoms with Crippen molar-refractivity contribution in [1.29, 1.82) is 0 Å². The highest BCUT2D eigenvalue weighted by atomic mass is 16.5. The van der Waals surface area contributed by atoms with E-state index in [1.807, 2.05) is 24.0 Å². The van der Waals surface area contributed by atoms with E-state index in [1.54, 1.807) is 0 Å². The number of aryl methyl sites for hydroxylation is 1. The standard InChI is InChI=1S/C16H29N5O/c1-4-17-16(18-7-8-21-12-14(2)11-19-21)20(3)9-10-22-13-15-5-6-15/h11-12,15H,4-10,13H2,1-3H3,(H,17,18). The van der Waals surface area contributed by atoms with Gasteiger partial charge in [-0.3, -0.25) is 9.67 Å². The molecule has 0 radical (unpaired) electrons. The minimum Gasteiger partial charge on any atom is -0.379 e. The molecule has 124 valence electrons. The van der Waals surface area contributed by atoms with Crippen LogP contribution in [-0.4, -0.2) is 60.5 Å². The molecule has 1 N–H and O–H groups in total. The molecule has 1 aromatic rings. The number of hydrogen-bond donors (Lipinski definition) is 1. The maximum absolute atomic E-state index is 5.69. The summed E-state index contributed by atoms with van der Waals surface area (Å²) in [7, 11) is 2.06. The molecule has 22 heavy (non-hydrogen) atoms. The minimum absolute atomic E-state index is 0.719. The van der Waals surface area contributed by atoms with Crippen LogP contribution in [0, 0.1) is 12.8 Å². The lowest BCUT2D eigenvalue weighted by Gasteiger charge is -2.22. The van der Waals surface area contributed by atoms with Gasteiger partial charge in [0.05, 0.1) is 25.9 Å². The van der Waals surface area contributed by atoms with Crippen LogP contribution in [-0.2, 0) is 11.3 Å². The normalized spacial score (nSPS) is 15.1. The number of nitrogens with one attached hydrogen (secondary N) is 1. The van der Waals surface area contributed by atoms with Crippen LogP contribution in [0.25, 0.3) is 0 Å². The molecule has 1 fully saturated rings. The van der Waals surface area contributed by atoms with Crippen molar-refractivity contribution in [2.24, 2.45) is 10.9 Å². The Morgan fingerprint density at radius 3 is 3.00 bits per heavy atom. The number of hydrogen-bond acceptors (Lipinski definition) is 3. The highest BCUT2D eigenvalue weighted by Crippen LogP contribution is 2.28. The largest absolute Gasteiger partial charge is 0.379 e. The summed E-state index contributed by atoms with van der Waals surface area (Å²) in [6.45, 7) is 9.06. The Morgan fingerprint density at radius 1 is 1.55 bits per heavy atom. The fourth-order valence-corrected chi connectivity index (χ4v) is 2.16. The third-order valence-electron chi connectivity index (χ3n) is 3.67. The maximum atomic E-state index is 5.69. The van der Waals surface area contributed by atoms with E-state index in [1.165, 1.54) is 18.4 Å². The lowest BCUT2D eigenvalue weighted by molar-refractivity contribution is 0.115. The quantitative estimate of drug-likeness (QED) is 0.427. The number of likely N-dealkylation sites (N-methyl/N-ethyl adjacent to an activating group) is 1. The van der Waals surface area contributed by atoms with E-state index in [0.717, 1.165) is 51.3 Å².